The molecule has 164 valence electrons. The molecule has 1 N–H and O–H groups in total. The van der Waals surface area contributed by atoms with Gasteiger partial charge in [0.05, 0.1) is 18.6 Å². The predicted octanol–water partition coefficient (Wildman–Crippen LogP) is 2.86. The van der Waals surface area contributed by atoms with Gasteiger partial charge >= 0.3 is 0 Å². The topological polar surface area (TPSA) is 107 Å². The van der Waals surface area contributed by atoms with Crippen molar-refractivity contribution in [2.75, 3.05) is 12.9 Å². The second-order valence-electron chi connectivity index (χ2n) is 7.28. The highest BCUT2D eigenvalue weighted by molar-refractivity contribution is 7.89. The van der Waals surface area contributed by atoms with Gasteiger partial charge in [0, 0.05) is 19.0 Å². The number of benzene rings is 1. The molecular weight excluding hydrogens is 418 g/mol. The van der Waals surface area contributed by atoms with Gasteiger partial charge in [-0.05, 0) is 37.5 Å². The van der Waals surface area contributed by atoms with E-state index in [1.165, 1.54) is 0 Å². The maximum atomic E-state index is 13.3. The van der Waals surface area contributed by atoms with Gasteiger partial charge in [0.15, 0.2) is 17.2 Å². The van der Waals surface area contributed by atoms with Gasteiger partial charge in [-0.2, -0.15) is 0 Å². The van der Waals surface area contributed by atoms with Crippen LogP contribution in [0.25, 0.3) is 5.65 Å². The zero-order valence-electron chi connectivity index (χ0n) is 17.7. The number of carbonyl (C=O) groups is 2. The summed E-state index contributed by atoms with van der Waals surface area (Å²) in [6.45, 7) is 4.10. The Morgan fingerprint density at radius 1 is 1.13 bits per heavy atom. The van der Waals surface area contributed by atoms with E-state index in [0.29, 0.717) is 29.4 Å². The summed E-state index contributed by atoms with van der Waals surface area (Å²) in [7, 11) is -3.68. The Morgan fingerprint density at radius 3 is 2.48 bits per heavy atom. The molecular formula is C22H25N3O5S. The summed E-state index contributed by atoms with van der Waals surface area (Å²) in [6, 6.07) is 12.7. The summed E-state index contributed by atoms with van der Waals surface area (Å²) in [4.78, 5) is 30.1. The van der Waals surface area contributed by atoms with Crippen molar-refractivity contribution in [1.82, 2.24) is 14.1 Å². The van der Waals surface area contributed by atoms with E-state index in [0.717, 1.165) is 11.8 Å². The molecule has 0 unspecified atom stereocenters. The third-order valence-corrected chi connectivity index (χ3v) is 5.38. The van der Waals surface area contributed by atoms with Gasteiger partial charge in [0.2, 0.25) is 15.9 Å². The van der Waals surface area contributed by atoms with Crippen LogP contribution in [0.1, 0.15) is 47.4 Å². The predicted molar refractivity (Wildman–Crippen MR) is 117 cm³/mol. The molecule has 2 heterocycles. The summed E-state index contributed by atoms with van der Waals surface area (Å²) in [5.74, 6) is -0.757. The van der Waals surface area contributed by atoms with Crippen LogP contribution in [0.2, 0.25) is 0 Å². The Hall–Kier alpha value is -3.20. The van der Waals surface area contributed by atoms with E-state index in [1.807, 2.05) is 42.0 Å². The number of nitrogens with zero attached hydrogens (tertiary/aromatic N) is 2. The first-order valence-corrected chi connectivity index (χ1v) is 11.8. The van der Waals surface area contributed by atoms with Gasteiger partial charge in [-0.3, -0.25) is 18.7 Å². The lowest BCUT2D eigenvalue weighted by molar-refractivity contribution is -0.119. The Labute approximate surface area is 181 Å². The summed E-state index contributed by atoms with van der Waals surface area (Å²) in [5, 5.41) is 0. The molecule has 8 nitrogen and oxygen atoms in total. The molecule has 0 aliphatic heterocycles. The number of nitrogens with one attached hydrogen (secondary N) is 1. The number of rotatable bonds is 9. The van der Waals surface area contributed by atoms with Crippen LogP contribution in [-0.4, -0.2) is 42.4 Å². The number of aromatic nitrogens is 2. The number of carbonyl (C=O) groups excluding carboxylic acids is 2. The second kappa shape index (κ2) is 9.30. The molecule has 3 aromatic rings. The van der Waals surface area contributed by atoms with Gasteiger partial charge in [-0.25, -0.2) is 13.4 Å². The third-order valence-electron chi connectivity index (χ3n) is 4.79. The van der Waals surface area contributed by atoms with Crippen LogP contribution < -0.4 is 9.46 Å². The molecule has 0 fully saturated rings. The summed E-state index contributed by atoms with van der Waals surface area (Å²) >= 11 is 0. The minimum absolute atomic E-state index is 0.0225. The summed E-state index contributed by atoms with van der Waals surface area (Å²) < 4.78 is 32.1. The van der Waals surface area contributed by atoms with Crippen LogP contribution in [0, 0.1) is 6.92 Å². The van der Waals surface area contributed by atoms with E-state index in [4.69, 9.17) is 4.74 Å². The van der Waals surface area contributed by atoms with E-state index in [2.05, 4.69) is 4.98 Å². The number of Topliss-reactive ketones (excluding diaryl/α,β-unsaturated/α-hetero) is 1. The molecule has 1 atom stereocenters. The minimum Gasteiger partial charge on any atom is -0.490 e. The van der Waals surface area contributed by atoms with E-state index in [9.17, 15) is 18.0 Å². The van der Waals surface area contributed by atoms with Gasteiger partial charge in [-0.1, -0.05) is 30.3 Å². The number of fused-ring (bicyclic) bond motifs is 1. The number of ketones is 1. The van der Waals surface area contributed by atoms with Gasteiger partial charge in [0.1, 0.15) is 5.69 Å². The smallest absolute Gasteiger partial charge is 0.234 e. The lowest BCUT2D eigenvalue weighted by atomic mass is 9.89. The molecule has 0 aliphatic rings. The first kappa shape index (κ1) is 22.5. The van der Waals surface area contributed by atoms with Crippen molar-refractivity contribution in [3.63, 3.8) is 0 Å². The monoisotopic (exact) mass is 443 g/mol. The Kier molecular flexibility index (Phi) is 6.74. The fourth-order valence-corrected chi connectivity index (χ4v) is 4.08. The van der Waals surface area contributed by atoms with Crippen molar-refractivity contribution >= 4 is 27.4 Å². The average Bonchev–Trinajstić information content (AvgIpc) is 3.04. The molecule has 0 saturated carbocycles. The standard InChI is InChI=1S/C22H25N3O5S/c1-4-30-19-11-8-12-25-21(15(2)23-22(19)25)18(26)13-17(16-9-6-5-7-10-16)14-20(27)24-31(3,28)29/h5-12,17H,4,13-14H2,1-3H3,(H,24,27)/t17-/m0/s1. The third kappa shape index (κ3) is 5.49. The number of amides is 1. The first-order chi connectivity index (χ1) is 14.7. The number of hydrogen-bond acceptors (Lipinski definition) is 6. The van der Waals surface area contributed by atoms with Crippen molar-refractivity contribution in [3.05, 3.63) is 65.6 Å². The number of aryl methyl sites for hydroxylation is 1. The van der Waals surface area contributed by atoms with Gasteiger partial charge < -0.3 is 4.74 Å². The minimum atomic E-state index is -3.68. The quantitative estimate of drug-likeness (QED) is 0.510. The molecule has 1 aromatic carbocycles. The van der Waals surface area contributed by atoms with Crippen LogP contribution in [-0.2, 0) is 14.8 Å². The van der Waals surface area contributed by atoms with Crippen molar-refractivity contribution in [1.29, 1.82) is 0 Å². The zero-order valence-corrected chi connectivity index (χ0v) is 18.5. The number of ether oxygens (including phenoxy) is 1. The molecule has 3 rings (SSSR count). The maximum absolute atomic E-state index is 13.3. The molecule has 0 aliphatic carbocycles. The van der Waals surface area contributed by atoms with Crippen molar-refractivity contribution < 1.29 is 22.7 Å². The molecule has 9 heteroatoms. The molecule has 2 aromatic heterocycles. The number of hydrogen-bond donors (Lipinski definition) is 1. The number of sulfonamides is 1. The maximum Gasteiger partial charge on any atom is 0.234 e. The highest BCUT2D eigenvalue weighted by Gasteiger charge is 2.25. The Morgan fingerprint density at radius 2 is 1.84 bits per heavy atom. The molecule has 0 spiro atoms. The van der Waals surface area contributed by atoms with E-state index in [1.54, 1.807) is 29.7 Å². The van der Waals surface area contributed by atoms with E-state index in [-0.39, 0.29) is 18.6 Å². The first-order valence-electron chi connectivity index (χ1n) is 9.88. The van der Waals surface area contributed by atoms with Gasteiger partial charge in [-0.15, -0.1) is 0 Å². The molecule has 31 heavy (non-hydrogen) atoms. The SMILES string of the molecule is CCOc1cccn2c(C(=O)C[C@@H](CC(=O)NS(C)(=O)=O)c3ccccc3)c(C)nc12. The molecule has 0 radical (unpaired) electrons. The van der Waals surface area contributed by atoms with Crippen molar-refractivity contribution in [2.45, 2.75) is 32.6 Å². The molecule has 0 bridgehead atoms. The fourth-order valence-electron chi connectivity index (χ4n) is 3.59. The second-order valence-corrected chi connectivity index (χ2v) is 9.03. The van der Waals surface area contributed by atoms with Crippen LogP contribution in [0.4, 0.5) is 0 Å². The normalized spacial score (nSPS) is 12.5. The number of imidazole rings is 1. The average molecular weight is 444 g/mol. The number of pyridine rings is 1. The lowest BCUT2D eigenvalue weighted by Gasteiger charge is -2.16. The van der Waals surface area contributed by atoms with E-state index < -0.39 is 21.8 Å². The highest BCUT2D eigenvalue weighted by Crippen LogP contribution is 2.28. The zero-order chi connectivity index (χ0) is 22.6. The van der Waals surface area contributed by atoms with Gasteiger partial charge in [0.25, 0.3) is 0 Å². The van der Waals surface area contributed by atoms with E-state index >= 15 is 0 Å². The summed E-state index contributed by atoms with van der Waals surface area (Å²) in [6.07, 6.45) is 2.56. The Bertz CT molecular complexity index is 1200. The van der Waals surface area contributed by atoms with Crippen LogP contribution >= 0.6 is 0 Å². The largest absolute Gasteiger partial charge is 0.490 e. The van der Waals surface area contributed by atoms with Crippen LogP contribution in [0.5, 0.6) is 5.75 Å². The molecule has 1 amide bonds. The van der Waals surface area contributed by atoms with Crippen molar-refractivity contribution in [3.8, 4) is 5.75 Å². The molecule has 0 saturated heterocycles. The highest BCUT2D eigenvalue weighted by atomic mass is 32.2. The summed E-state index contributed by atoms with van der Waals surface area (Å²) in [5.41, 5.74) is 2.31. The van der Waals surface area contributed by atoms with Crippen LogP contribution in [0.15, 0.2) is 48.7 Å². The van der Waals surface area contributed by atoms with Crippen LogP contribution in [0.3, 0.4) is 0 Å². The lowest BCUT2D eigenvalue weighted by Crippen LogP contribution is -2.30. The fraction of sp³-hybridized carbons (Fsp3) is 0.318. The van der Waals surface area contributed by atoms with Crippen molar-refractivity contribution in [2.24, 2.45) is 0 Å². The Balaban J connectivity index is 1.93.